The zero-order valence-corrected chi connectivity index (χ0v) is 7.33. The highest BCUT2D eigenvalue weighted by molar-refractivity contribution is 5.82. The summed E-state index contributed by atoms with van der Waals surface area (Å²) in [6, 6.07) is -0.939. The monoisotopic (exact) mass is 170 g/mol. The molecule has 0 saturated carbocycles. The van der Waals surface area contributed by atoms with Crippen molar-refractivity contribution in [3.05, 3.63) is 0 Å². The van der Waals surface area contributed by atoms with E-state index in [0.29, 0.717) is 0 Å². The second-order valence-electron chi connectivity index (χ2n) is 2.46. The van der Waals surface area contributed by atoms with Gasteiger partial charge in [0.05, 0.1) is 12.6 Å². The van der Waals surface area contributed by atoms with Gasteiger partial charge in [0.1, 0.15) is 6.04 Å². The van der Waals surface area contributed by atoms with Gasteiger partial charge in [-0.1, -0.05) is 5.92 Å². The van der Waals surface area contributed by atoms with Crippen LogP contribution in [0.4, 0.5) is 0 Å². The van der Waals surface area contributed by atoms with E-state index in [1.54, 1.807) is 6.92 Å². The maximum Gasteiger partial charge on any atom is 0.240 e. The second kappa shape index (κ2) is 5.58. The number of methoxy groups -OCH3 is 1. The van der Waals surface area contributed by atoms with Crippen LogP contribution in [0.2, 0.25) is 0 Å². The molecule has 0 bridgehead atoms. The average Bonchev–Trinajstić information content (AvgIpc) is 2.04. The third-order valence-corrected chi connectivity index (χ3v) is 1.29. The molecule has 0 aliphatic carbocycles. The molecule has 0 aromatic heterocycles. The summed E-state index contributed by atoms with van der Waals surface area (Å²) in [5.41, 5.74) is 5.43. The highest BCUT2D eigenvalue weighted by atomic mass is 16.5. The molecule has 68 valence electrons. The number of amides is 1. The van der Waals surface area contributed by atoms with Crippen LogP contribution in [-0.2, 0) is 9.53 Å². The fourth-order valence-corrected chi connectivity index (χ4v) is 0.617. The summed E-state index contributed by atoms with van der Waals surface area (Å²) < 4.78 is 4.70. The van der Waals surface area contributed by atoms with Crippen molar-refractivity contribution in [3.63, 3.8) is 0 Å². The average molecular weight is 170 g/mol. The third kappa shape index (κ3) is 3.96. The highest BCUT2D eigenvalue weighted by Crippen LogP contribution is 1.83. The van der Waals surface area contributed by atoms with Crippen molar-refractivity contribution >= 4 is 5.91 Å². The molecule has 3 N–H and O–H groups in total. The Labute approximate surface area is 72.5 Å². The van der Waals surface area contributed by atoms with E-state index in [9.17, 15) is 4.79 Å². The number of terminal acetylenes is 1. The number of carbonyl (C=O) groups is 1. The molecule has 0 aliphatic rings. The summed E-state index contributed by atoms with van der Waals surface area (Å²) in [6.45, 7) is 1.90. The van der Waals surface area contributed by atoms with Crippen LogP contribution >= 0.6 is 0 Å². The number of ether oxygens (including phenoxy) is 1. The molecule has 0 spiro atoms. The molecule has 4 nitrogen and oxygen atoms in total. The minimum atomic E-state index is -0.647. The summed E-state index contributed by atoms with van der Waals surface area (Å²) in [5.74, 6) is 2.07. The van der Waals surface area contributed by atoms with Crippen LogP contribution in [-0.4, -0.2) is 31.7 Å². The molecular formula is C8H14N2O2. The lowest BCUT2D eigenvalue weighted by Crippen LogP contribution is -2.46. The quantitative estimate of drug-likeness (QED) is 0.537. The highest BCUT2D eigenvalue weighted by Gasteiger charge is 2.13. The van der Waals surface area contributed by atoms with Crippen molar-refractivity contribution in [2.75, 3.05) is 13.7 Å². The molecule has 0 radical (unpaired) electrons. The van der Waals surface area contributed by atoms with Crippen molar-refractivity contribution in [2.45, 2.75) is 19.0 Å². The maximum atomic E-state index is 11.1. The van der Waals surface area contributed by atoms with Gasteiger partial charge in [0.2, 0.25) is 5.91 Å². The first-order chi connectivity index (χ1) is 5.61. The molecule has 4 heteroatoms. The SMILES string of the molecule is C#CC(C)NC(=O)C(N)COC. The predicted octanol–water partition coefficient (Wildman–Crippen LogP) is -0.902. The number of hydrogen-bond acceptors (Lipinski definition) is 3. The number of nitrogens with two attached hydrogens (primary N) is 1. The molecule has 0 aromatic rings. The molecule has 12 heavy (non-hydrogen) atoms. The van der Waals surface area contributed by atoms with Gasteiger partial charge < -0.3 is 15.8 Å². The Morgan fingerprint density at radius 1 is 1.83 bits per heavy atom. The molecule has 0 aromatic carbocycles. The van der Waals surface area contributed by atoms with Crippen molar-refractivity contribution in [2.24, 2.45) is 5.73 Å². The Morgan fingerprint density at radius 3 is 2.83 bits per heavy atom. The normalized spacial score (nSPS) is 14.5. The number of hydrogen-bond donors (Lipinski definition) is 2. The molecule has 2 atom stereocenters. The Bertz CT molecular complexity index is 186. The van der Waals surface area contributed by atoms with Crippen LogP contribution < -0.4 is 11.1 Å². The van der Waals surface area contributed by atoms with Crippen molar-refractivity contribution in [1.82, 2.24) is 5.32 Å². The number of rotatable bonds is 4. The maximum absolute atomic E-state index is 11.1. The number of nitrogens with one attached hydrogen (secondary N) is 1. The molecule has 2 unspecified atom stereocenters. The Kier molecular flexibility index (Phi) is 5.09. The summed E-state index contributed by atoms with van der Waals surface area (Å²) in [5, 5.41) is 2.53. The molecular weight excluding hydrogens is 156 g/mol. The summed E-state index contributed by atoms with van der Waals surface area (Å²) in [6.07, 6.45) is 5.06. The summed E-state index contributed by atoms with van der Waals surface area (Å²) in [7, 11) is 1.48. The van der Waals surface area contributed by atoms with E-state index >= 15 is 0 Å². The van der Waals surface area contributed by atoms with Crippen LogP contribution in [0.3, 0.4) is 0 Å². The van der Waals surface area contributed by atoms with Crippen molar-refractivity contribution < 1.29 is 9.53 Å². The van der Waals surface area contributed by atoms with Gasteiger partial charge in [0, 0.05) is 7.11 Å². The largest absolute Gasteiger partial charge is 0.383 e. The van der Waals surface area contributed by atoms with Crippen LogP contribution in [0, 0.1) is 12.3 Å². The fourth-order valence-electron chi connectivity index (χ4n) is 0.617. The van der Waals surface area contributed by atoms with Gasteiger partial charge in [-0.05, 0) is 6.92 Å². The standard InChI is InChI=1S/C8H14N2O2/c1-4-6(2)10-8(11)7(9)5-12-3/h1,6-7H,5,9H2,2-3H3,(H,10,11). The first-order valence-corrected chi connectivity index (χ1v) is 3.62. The van der Waals surface area contributed by atoms with Gasteiger partial charge in [-0.3, -0.25) is 4.79 Å². The van der Waals surface area contributed by atoms with Gasteiger partial charge >= 0.3 is 0 Å². The van der Waals surface area contributed by atoms with Gasteiger partial charge in [-0.25, -0.2) is 0 Å². The van der Waals surface area contributed by atoms with E-state index in [2.05, 4.69) is 11.2 Å². The van der Waals surface area contributed by atoms with Crippen LogP contribution in [0.15, 0.2) is 0 Å². The first kappa shape index (κ1) is 11.0. The Morgan fingerprint density at radius 2 is 2.42 bits per heavy atom. The molecule has 0 fully saturated rings. The third-order valence-electron chi connectivity index (χ3n) is 1.29. The lowest BCUT2D eigenvalue weighted by molar-refractivity contribution is -0.123. The van der Waals surface area contributed by atoms with Gasteiger partial charge in [-0.2, -0.15) is 0 Å². The van der Waals surface area contributed by atoms with Crippen LogP contribution in [0.1, 0.15) is 6.92 Å². The van der Waals surface area contributed by atoms with E-state index < -0.39 is 6.04 Å². The minimum Gasteiger partial charge on any atom is -0.383 e. The van der Waals surface area contributed by atoms with Crippen molar-refractivity contribution in [3.8, 4) is 12.3 Å². The lowest BCUT2D eigenvalue weighted by Gasteiger charge is -2.12. The zero-order chi connectivity index (χ0) is 9.56. The molecule has 1 amide bonds. The number of carbonyl (C=O) groups excluding carboxylic acids is 1. The topological polar surface area (TPSA) is 64.4 Å². The van der Waals surface area contributed by atoms with Crippen LogP contribution in [0.5, 0.6) is 0 Å². The summed E-state index contributed by atoms with van der Waals surface area (Å²) in [4.78, 5) is 11.1. The van der Waals surface area contributed by atoms with Crippen molar-refractivity contribution in [1.29, 1.82) is 0 Å². The molecule has 0 rings (SSSR count). The van der Waals surface area contributed by atoms with E-state index in [1.807, 2.05) is 0 Å². The first-order valence-electron chi connectivity index (χ1n) is 3.62. The van der Waals surface area contributed by atoms with E-state index in [4.69, 9.17) is 16.9 Å². The Balaban J connectivity index is 3.80. The minimum absolute atomic E-state index is 0.198. The molecule has 0 saturated heterocycles. The Hall–Kier alpha value is -1.05. The van der Waals surface area contributed by atoms with Crippen LogP contribution in [0.25, 0.3) is 0 Å². The predicted molar refractivity (Wildman–Crippen MR) is 46.3 cm³/mol. The lowest BCUT2D eigenvalue weighted by atomic mass is 10.3. The summed E-state index contributed by atoms with van der Waals surface area (Å²) >= 11 is 0. The van der Waals surface area contributed by atoms with Gasteiger partial charge in [0.25, 0.3) is 0 Å². The second-order valence-corrected chi connectivity index (χ2v) is 2.46. The van der Waals surface area contributed by atoms with Gasteiger partial charge in [0.15, 0.2) is 0 Å². The molecule has 0 aliphatic heterocycles. The van der Waals surface area contributed by atoms with E-state index in [1.165, 1.54) is 7.11 Å². The fraction of sp³-hybridized carbons (Fsp3) is 0.625. The zero-order valence-electron chi connectivity index (χ0n) is 7.33. The smallest absolute Gasteiger partial charge is 0.240 e. The van der Waals surface area contributed by atoms with E-state index in [0.717, 1.165) is 0 Å². The molecule has 0 heterocycles. The van der Waals surface area contributed by atoms with E-state index in [-0.39, 0.29) is 18.6 Å². The van der Waals surface area contributed by atoms with Gasteiger partial charge in [-0.15, -0.1) is 6.42 Å².